The Hall–Kier alpha value is -1.32. The van der Waals surface area contributed by atoms with Crippen LogP contribution in [0.25, 0.3) is 0 Å². The molecule has 0 aliphatic carbocycles. The molecule has 2 heterocycles. The van der Waals surface area contributed by atoms with Gasteiger partial charge < -0.3 is 4.90 Å². The van der Waals surface area contributed by atoms with Gasteiger partial charge in [0.15, 0.2) is 0 Å². The van der Waals surface area contributed by atoms with E-state index in [4.69, 9.17) is 0 Å². The van der Waals surface area contributed by atoms with Crippen LogP contribution in [0, 0.1) is 0 Å². The molecule has 14 heavy (non-hydrogen) atoms. The van der Waals surface area contributed by atoms with Gasteiger partial charge in [-0.05, 0) is 19.3 Å². The van der Waals surface area contributed by atoms with Crippen LogP contribution in [-0.4, -0.2) is 33.1 Å². The maximum Gasteiger partial charge on any atom is 0.329 e. The Morgan fingerprint density at radius 2 is 2.50 bits per heavy atom. The molecule has 1 aliphatic heterocycles. The minimum absolute atomic E-state index is 0.0619. The molecule has 76 valence electrons. The molecule has 1 unspecified atom stereocenters. The van der Waals surface area contributed by atoms with Crippen molar-refractivity contribution in [3.05, 3.63) is 18.7 Å². The van der Waals surface area contributed by atoms with Gasteiger partial charge in [0.05, 0.1) is 0 Å². The molecule has 0 spiro atoms. The molecule has 0 bridgehead atoms. The number of carbonyl (C=O) groups is 1. The summed E-state index contributed by atoms with van der Waals surface area (Å²) in [4.78, 5) is 17.8. The third-order valence-electron chi connectivity index (χ3n) is 2.82. The Balaban J connectivity index is 2.11. The van der Waals surface area contributed by atoms with Gasteiger partial charge in [0.1, 0.15) is 6.33 Å². The number of carbonyl (C=O) groups excluding carboxylic acids is 1. The number of hydrogen-bond donors (Lipinski definition) is 0. The molecule has 0 aromatic carbocycles. The Labute approximate surface area is 83.5 Å². The summed E-state index contributed by atoms with van der Waals surface area (Å²) in [5.41, 5.74) is 0. The van der Waals surface area contributed by atoms with E-state index < -0.39 is 0 Å². The van der Waals surface area contributed by atoms with Gasteiger partial charge in [-0.2, -0.15) is 0 Å². The highest BCUT2D eigenvalue weighted by molar-refractivity contribution is 5.77. The Kier molecular flexibility index (Phi) is 2.52. The van der Waals surface area contributed by atoms with Crippen LogP contribution in [0.5, 0.6) is 0 Å². The minimum Gasteiger partial charge on any atom is -0.321 e. The topological polar surface area (TPSA) is 38.1 Å². The maximum absolute atomic E-state index is 11.9. The van der Waals surface area contributed by atoms with Crippen molar-refractivity contribution < 1.29 is 4.79 Å². The lowest BCUT2D eigenvalue weighted by molar-refractivity contribution is 0.193. The fourth-order valence-electron chi connectivity index (χ4n) is 2.03. The molecule has 0 N–H and O–H groups in total. The third-order valence-corrected chi connectivity index (χ3v) is 2.82. The molecule has 4 nitrogen and oxygen atoms in total. The summed E-state index contributed by atoms with van der Waals surface area (Å²) in [6, 6.07) is 0.483. The van der Waals surface area contributed by atoms with Crippen molar-refractivity contribution in [3.8, 4) is 0 Å². The second-order valence-corrected chi connectivity index (χ2v) is 3.65. The minimum atomic E-state index is 0.0619. The fourth-order valence-corrected chi connectivity index (χ4v) is 2.03. The summed E-state index contributed by atoms with van der Waals surface area (Å²) in [6.45, 7) is 3.01. The van der Waals surface area contributed by atoms with Crippen molar-refractivity contribution in [2.24, 2.45) is 0 Å². The SMILES string of the molecule is CCC1CCCN1C(=O)n1ccnc1. The molecule has 1 saturated heterocycles. The first-order valence-corrected chi connectivity index (χ1v) is 5.12. The number of nitrogens with zero attached hydrogens (tertiary/aromatic N) is 3. The first-order chi connectivity index (χ1) is 6.83. The molecule has 0 saturated carbocycles. The number of imidazole rings is 1. The summed E-state index contributed by atoms with van der Waals surface area (Å²) >= 11 is 0. The summed E-state index contributed by atoms with van der Waals surface area (Å²) in [7, 11) is 0. The lowest BCUT2D eigenvalue weighted by atomic mass is 10.2. The predicted octanol–water partition coefficient (Wildman–Crippen LogP) is 1.73. The van der Waals surface area contributed by atoms with Gasteiger partial charge in [0, 0.05) is 25.0 Å². The number of likely N-dealkylation sites (tertiary alicyclic amines) is 1. The van der Waals surface area contributed by atoms with Crippen LogP contribution in [-0.2, 0) is 0 Å². The van der Waals surface area contributed by atoms with Crippen molar-refractivity contribution in [3.63, 3.8) is 0 Å². The Morgan fingerprint density at radius 1 is 1.64 bits per heavy atom. The van der Waals surface area contributed by atoms with E-state index in [1.807, 2.05) is 4.90 Å². The van der Waals surface area contributed by atoms with Crippen LogP contribution in [0.15, 0.2) is 18.7 Å². The standard InChI is InChI=1S/C10H15N3O/c1-2-9-4-3-6-13(9)10(14)12-7-5-11-8-12/h5,7-9H,2-4,6H2,1H3. The molecule has 1 atom stereocenters. The highest BCUT2D eigenvalue weighted by Crippen LogP contribution is 2.20. The van der Waals surface area contributed by atoms with E-state index in [0.29, 0.717) is 6.04 Å². The van der Waals surface area contributed by atoms with Crippen molar-refractivity contribution in [2.45, 2.75) is 32.2 Å². The van der Waals surface area contributed by atoms with Crippen molar-refractivity contribution in [1.82, 2.24) is 14.5 Å². The van der Waals surface area contributed by atoms with Gasteiger partial charge in [-0.1, -0.05) is 6.92 Å². The van der Waals surface area contributed by atoms with Gasteiger partial charge in [-0.3, -0.25) is 4.57 Å². The molecule has 1 fully saturated rings. The highest BCUT2D eigenvalue weighted by atomic mass is 16.2. The number of hydrogen-bond acceptors (Lipinski definition) is 2. The summed E-state index contributed by atoms with van der Waals surface area (Å²) in [5.74, 6) is 0. The lowest BCUT2D eigenvalue weighted by Crippen LogP contribution is -2.37. The third kappa shape index (κ3) is 1.52. The summed E-state index contributed by atoms with van der Waals surface area (Å²) in [5, 5.41) is 0. The summed E-state index contributed by atoms with van der Waals surface area (Å²) in [6.07, 6.45) is 8.20. The zero-order chi connectivity index (χ0) is 9.97. The van der Waals surface area contributed by atoms with Crippen molar-refractivity contribution in [2.75, 3.05) is 6.54 Å². The van der Waals surface area contributed by atoms with Gasteiger partial charge in [-0.15, -0.1) is 0 Å². The average Bonchev–Trinajstić information content (AvgIpc) is 2.87. The van der Waals surface area contributed by atoms with Crippen LogP contribution >= 0.6 is 0 Å². The van der Waals surface area contributed by atoms with E-state index in [1.165, 1.54) is 0 Å². The van der Waals surface area contributed by atoms with Crippen LogP contribution in [0.2, 0.25) is 0 Å². The zero-order valence-electron chi connectivity index (χ0n) is 8.39. The Bertz CT molecular complexity index is 307. The number of aromatic nitrogens is 2. The molecule has 1 aromatic heterocycles. The second kappa shape index (κ2) is 3.82. The quantitative estimate of drug-likeness (QED) is 0.681. The van der Waals surface area contributed by atoms with E-state index in [1.54, 1.807) is 23.3 Å². The smallest absolute Gasteiger partial charge is 0.321 e. The Morgan fingerprint density at radius 3 is 3.14 bits per heavy atom. The van der Waals surface area contributed by atoms with Gasteiger partial charge >= 0.3 is 6.03 Å². The molecule has 4 heteroatoms. The van der Waals surface area contributed by atoms with Crippen LogP contribution < -0.4 is 0 Å². The van der Waals surface area contributed by atoms with Crippen LogP contribution in [0.1, 0.15) is 26.2 Å². The molecule has 2 rings (SSSR count). The molecule has 1 aliphatic rings. The van der Waals surface area contributed by atoms with Crippen molar-refractivity contribution >= 4 is 6.03 Å². The highest BCUT2D eigenvalue weighted by Gasteiger charge is 2.27. The second-order valence-electron chi connectivity index (χ2n) is 3.65. The summed E-state index contributed by atoms with van der Waals surface area (Å²) < 4.78 is 1.55. The number of amides is 1. The molecular formula is C10H15N3O. The van der Waals surface area contributed by atoms with Gasteiger partial charge in [0.25, 0.3) is 0 Å². The van der Waals surface area contributed by atoms with Gasteiger partial charge in [0.2, 0.25) is 0 Å². The van der Waals surface area contributed by atoms with E-state index >= 15 is 0 Å². The normalized spacial score (nSPS) is 21.5. The monoisotopic (exact) mass is 193 g/mol. The van der Waals surface area contributed by atoms with E-state index in [0.717, 1.165) is 25.8 Å². The van der Waals surface area contributed by atoms with E-state index in [-0.39, 0.29) is 6.03 Å². The number of rotatable bonds is 1. The largest absolute Gasteiger partial charge is 0.329 e. The van der Waals surface area contributed by atoms with E-state index in [2.05, 4.69) is 11.9 Å². The molecule has 1 aromatic rings. The lowest BCUT2D eigenvalue weighted by Gasteiger charge is -2.23. The van der Waals surface area contributed by atoms with Crippen LogP contribution in [0.3, 0.4) is 0 Å². The molecule has 0 radical (unpaired) electrons. The van der Waals surface area contributed by atoms with Crippen LogP contribution in [0.4, 0.5) is 4.79 Å². The first-order valence-electron chi connectivity index (χ1n) is 5.12. The van der Waals surface area contributed by atoms with Crippen molar-refractivity contribution in [1.29, 1.82) is 0 Å². The average molecular weight is 193 g/mol. The predicted molar refractivity (Wildman–Crippen MR) is 53.0 cm³/mol. The van der Waals surface area contributed by atoms with Gasteiger partial charge in [-0.25, -0.2) is 9.78 Å². The zero-order valence-corrected chi connectivity index (χ0v) is 8.39. The molecular weight excluding hydrogens is 178 g/mol. The maximum atomic E-state index is 11.9. The fraction of sp³-hybridized carbons (Fsp3) is 0.600. The first kappa shape index (κ1) is 9.24. The molecule has 1 amide bonds. The van der Waals surface area contributed by atoms with E-state index in [9.17, 15) is 4.79 Å².